The molecule has 0 saturated heterocycles. The van der Waals surface area contributed by atoms with Crippen molar-refractivity contribution in [1.29, 1.82) is 0 Å². The Morgan fingerprint density at radius 1 is 1.28 bits per heavy atom. The van der Waals surface area contributed by atoms with Gasteiger partial charge in [0.1, 0.15) is 0 Å². The van der Waals surface area contributed by atoms with Crippen LogP contribution in [-0.2, 0) is 4.79 Å². The molecule has 1 unspecified atom stereocenters. The zero-order valence-electron chi connectivity index (χ0n) is 13.6. The molecule has 0 fully saturated rings. The Balaban J connectivity index is 1.99. The van der Waals surface area contributed by atoms with Crippen LogP contribution in [0.15, 0.2) is 58.5 Å². The first-order valence-corrected chi connectivity index (χ1v) is 8.64. The molecular formula is C17H16ClN3O3S. The Kier molecular flexibility index (Phi) is 6.55. The van der Waals surface area contributed by atoms with E-state index in [2.05, 4.69) is 10.5 Å². The number of thioether (sulfide) groups is 1. The number of amides is 1. The lowest BCUT2D eigenvalue weighted by molar-refractivity contribution is -0.384. The Labute approximate surface area is 154 Å². The van der Waals surface area contributed by atoms with Crippen molar-refractivity contribution >= 4 is 40.7 Å². The molecule has 0 aliphatic rings. The molecule has 0 aliphatic carbocycles. The van der Waals surface area contributed by atoms with Crippen LogP contribution in [0.5, 0.6) is 0 Å². The van der Waals surface area contributed by atoms with Crippen LogP contribution < -0.4 is 5.43 Å². The molecule has 0 heterocycles. The molecule has 0 aromatic heterocycles. The normalized spacial score (nSPS) is 12.5. The van der Waals surface area contributed by atoms with E-state index in [0.717, 1.165) is 4.90 Å². The van der Waals surface area contributed by atoms with Crippen molar-refractivity contribution < 1.29 is 9.72 Å². The van der Waals surface area contributed by atoms with E-state index < -0.39 is 4.92 Å². The van der Waals surface area contributed by atoms with Crippen LogP contribution in [0.2, 0.25) is 5.02 Å². The third-order valence-electron chi connectivity index (χ3n) is 3.30. The third kappa shape index (κ3) is 5.58. The van der Waals surface area contributed by atoms with Gasteiger partial charge in [-0.1, -0.05) is 23.7 Å². The minimum Gasteiger partial charge on any atom is -0.272 e. The first-order valence-electron chi connectivity index (χ1n) is 7.38. The SMILES string of the molecule is CC(=NNC(=O)C(C)Sc1ccc(Cl)cc1)c1cccc([N+](=O)[O-])c1. The molecule has 1 amide bonds. The molecule has 130 valence electrons. The number of nitro groups is 1. The van der Waals surface area contributed by atoms with Crippen molar-refractivity contribution in [3.8, 4) is 0 Å². The average Bonchev–Trinajstić information content (AvgIpc) is 2.61. The molecule has 2 rings (SSSR count). The third-order valence-corrected chi connectivity index (χ3v) is 4.67. The van der Waals surface area contributed by atoms with Gasteiger partial charge in [-0.05, 0) is 38.1 Å². The summed E-state index contributed by atoms with van der Waals surface area (Å²) in [6.07, 6.45) is 0. The second-order valence-corrected chi connectivity index (χ2v) is 7.05. The molecule has 2 aromatic carbocycles. The van der Waals surface area contributed by atoms with Crippen LogP contribution in [0.1, 0.15) is 19.4 Å². The summed E-state index contributed by atoms with van der Waals surface area (Å²) in [5, 5.41) is 15.1. The average molecular weight is 378 g/mol. The molecule has 0 saturated carbocycles. The molecule has 2 aromatic rings. The standard InChI is InChI=1S/C17H16ClN3O3S/c1-11(13-4-3-5-15(10-13)21(23)24)19-20-17(22)12(2)25-16-8-6-14(18)7-9-16/h3-10,12H,1-2H3,(H,20,22). The van der Waals surface area contributed by atoms with Crippen LogP contribution in [0.3, 0.4) is 0 Å². The molecule has 6 nitrogen and oxygen atoms in total. The van der Waals surface area contributed by atoms with Gasteiger partial charge >= 0.3 is 0 Å². The molecule has 25 heavy (non-hydrogen) atoms. The van der Waals surface area contributed by atoms with Crippen LogP contribution in [0.4, 0.5) is 5.69 Å². The Morgan fingerprint density at radius 2 is 1.96 bits per heavy atom. The van der Waals surface area contributed by atoms with Gasteiger partial charge in [-0.25, -0.2) is 5.43 Å². The van der Waals surface area contributed by atoms with E-state index in [1.165, 1.54) is 23.9 Å². The maximum atomic E-state index is 12.2. The first-order chi connectivity index (χ1) is 11.9. The lowest BCUT2D eigenvalue weighted by atomic mass is 10.1. The summed E-state index contributed by atoms with van der Waals surface area (Å²) in [7, 11) is 0. The maximum Gasteiger partial charge on any atom is 0.270 e. The predicted molar refractivity (Wildman–Crippen MR) is 100 cm³/mol. The van der Waals surface area contributed by atoms with Gasteiger partial charge in [-0.3, -0.25) is 14.9 Å². The van der Waals surface area contributed by atoms with E-state index in [9.17, 15) is 14.9 Å². The molecule has 1 atom stereocenters. The van der Waals surface area contributed by atoms with E-state index in [4.69, 9.17) is 11.6 Å². The highest BCUT2D eigenvalue weighted by atomic mass is 35.5. The number of halogens is 1. The van der Waals surface area contributed by atoms with Crippen LogP contribution in [0, 0.1) is 10.1 Å². The van der Waals surface area contributed by atoms with Crippen LogP contribution in [0.25, 0.3) is 0 Å². The van der Waals surface area contributed by atoms with Gasteiger partial charge in [0, 0.05) is 27.6 Å². The number of hydrazone groups is 1. The smallest absolute Gasteiger partial charge is 0.270 e. The molecule has 1 N–H and O–H groups in total. The minimum absolute atomic E-state index is 0.0231. The van der Waals surface area contributed by atoms with E-state index >= 15 is 0 Å². The van der Waals surface area contributed by atoms with Gasteiger partial charge in [-0.15, -0.1) is 11.8 Å². The molecule has 8 heteroatoms. The molecule has 0 bridgehead atoms. The van der Waals surface area contributed by atoms with Crippen LogP contribution >= 0.6 is 23.4 Å². The van der Waals surface area contributed by atoms with Crippen LogP contribution in [-0.4, -0.2) is 21.8 Å². The fourth-order valence-electron chi connectivity index (χ4n) is 1.91. The zero-order valence-corrected chi connectivity index (χ0v) is 15.2. The number of hydrogen-bond donors (Lipinski definition) is 1. The molecule has 0 spiro atoms. The quantitative estimate of drug-likeness (QED) is 0.352. The van der Waals surface area contributed by atoms with E-state index in [0.29, 0.717) is 16.3 Å². The Morgan fingerprint density at radius 3 is 2.60 bits per heavy atom. The lowest BCUT2D eigenvalue weighted by Crippen LogP contribution is -2.27. The fourth-order valence-corrected chi connectivity index (χ4v) is 2.90. The van der Waals surface area contributed by atoms with E-state index in [-0.39, 0.29) is 16.8 Å². The second-order valence-electron chi connectivity index (χ2n) is 5.19. The number of nitro benzene ring substituents is 1. The maximum absolute atomic E-state index is 12.2. The lowest BCUT2D eigenvalue weighted by Gasteiger charge is -2.10. The minimum atomic E-state index is -0.472. The van der Waals surface area contributed by atoms with E-state index in [1.54, 1.807) is 38.1 Å². The van der Waals surface area contributed by atoms with Gasteiger partial charge < -0.3 is 0 Å². The zero-order chi connectivity index (χ0) is 18.4. The first kappa shape index (κ1) is 19.0. The van der Waals surface area contributed by atoms with Gasteiger partial charge in [0.05, 0.1) is 15.9 Å². The number of nitrogens with zero attached hydrogens (tertiary/aromatic N) is 2. The van der Waals surface area contributed by atoms with Crippen molar-refractivity contribution in [3.63, 3.8) is 0 Å². The van der Waals surface area contributed by atoms with Gasteiger partial charge in [0.2, 0.25) is 0 Å². The highest BCUT2D eigenvalue weighted by Gasteiger charge is 2.14. The summed E-state index contributed by atoms with van der Waals surface area (Å²) in [6, 6.07) is 13.3. The van der Waals surface area contributed by atoms with Crippen molar-refractivity contribution in [1.82, 2.24) is 5.43 Å². The molecular weight excluding hydrogens is 362 g/mol. The number of hydrogen-bond acceptors (Lipinski definition) is 5. The molecule has 0 aliphatic heterocycles. The highest BCUT2D eigenvalue weighted by molar-refractivity contribution is 8.00. The van der Waals surface area contributed by atoms with Crippen molar-refractivity contribution in [3.05, 3.63) is 69.2 Å². The van der Waals surface area contributed by atoms with Crippen molar-refractivity contribution in [2.75, 3.05) is 0 Å². The Bertz CT molecular complexity index is 809. The second kappa shape index (κ2) is 8.64. The number of carbonyl (C=O) groups excluding carboxylic acids is 1. The highest BCUT2D eigenvalue weighted by Crippen LogP contribution is 2.24. The summed E-state index contributed by atoms with van der Waals surface area (Å²) in [4.78, 5) is 23.4. The number of carbonyl (C=O) groups is 1. The van der Waals surface area contributed by atoms with Gasteiger partial charge in [-0.2, -0.15) is 5.10 Å². The summed E-state index contributed by atoms with van der Waals surface area (Å²) < 4.78 is 0. The summed E-state index contributed by atoms with van der Waals surface area (Å²) in [5.74, 6) is -0.260. The molecule has 0 radical (unpaired) electrons. The summed E-state index contributed by atoms with van der Waals surface area (Å²) in [6.45, 7) is 3.45. The van der Waals surface area contributed by atoms with Crippen molar-refractivity contribution in [2.24, 2.45) is 5.10 Å². The number of benzene rings is 2. The predicted octanol–water partition coefficient (Wildman–Crippen LogP) is 4.27. The number of rotatable bonds is 6. The van der Waals surface area contributed by atoms with E-state index in [1.807, 2.05) is 12.1 Å². The topological polar surface area (TPSA) is 84.6 Å². The number of nitrogens with one attached hydrogen (secondary N) is 1. The van der Waals surface area contributed by atoms with Gasteiger partial charge in [0.15, 0.2) is 0 Å². The van der Waals surface area contributed by atoms with Gasteiger partial charge in [0.25, 0.3) is 11.6 Å². The van der Waals surface area contributed by atoms with Crippen molar-refractivity contribution in [2.45, 2.75) is 24.0 Å². The fraction of sp³-hybridized carbons (Fsp3) is 0.176. The summed E-state index contributed by atoms with van der Waals surface area (Å²) in [5.41, 5.74) is 3.53. The Hall–Kier alpha value is -2.38. The largest absolute Gasteiger partial charge is 0.272 e. The number of non-ortho nitro benzene ring substituents is 1. The summed E-state index contributed by atoms with van der Waals surface area (Å²) >= 11 is 7.22. The monoisotopic (exact) mass is 377 g/mol.